The van der Waals surface area contributed by atoms with Crippen molar-refractivity contribution in [3.8, 4) is 0 Å². The van der Waals surface area contributed by atoms with E-state index in [1.165, 1.54) is 32.4 Å². The molecule has 2 fully saturated rings. The molecule has 1 atom stereocenters. The number of fused-ring (bicyclic) bond motifs is 1. The van der Waals surface area contributed by atoms with Crippen LogP contribution in [0.15, 0.2) is 6.20 Å². The zero-order valence-corrected chi connectivity index (χ0v) is 11.5. The van der Waals surface area contributed by atoms with Crippen molar-refractivity contribution in [1.82, 2.24) is 14.9 Å². The maximum atomic E-state index is 5.93. The van der Waals surface area contributed by atoms with Crippen LogP contribution in [-0.2, 0) is 0 Å². The first-order valence-electron chi connectivity index (χ1n) is 6.72. The second-order valence-corrected chi connectivity index (χ2v) is 5.62. The van der Waals surface area contributed by atoms with Crippen LogP contribution in [0.1, 0.15) is 24.8 Å². The standard InChI is InChI=1S/C13H19ClN4/c1-10-8-15-13(14)16-12(10)18-7-3-6-17-5-2-4-11(17)9-18/h8,11H,2-7,9H2,1H3. The van der Waals surface area contributed by atoms with E-state index in [0.29, 0.717) is 11.3 Å². The van der Waals surface area contributed by atoms with Gasteiger partial charge in [0.2, 0.25) is 5.28 Å². The molecule has 0 aliphatic carbocycles. The lowest BCUT2D eigenvalue weighted by atomic mass is 10.2. The molecule has 0 bridgehead atoms. The highest BCUT2D eigenvalue weighted by Crippen LogP contribution is 2.26. The number of anilines is 1. The first-order chi connectivity index (χ1) is 8.74. The molecule has 5 heteroatoms. The lowest BCUT2D eigenvalue weighted by Crippen LogP contribution is -2.37. The molecular weight excluding hydrogens is 248 g/mol. The molecule has 2 aliphatic rings. The molecule has 2 saturated heterocycles. The molecule has 0 N–H and O–H groups in total. The van der Waals surface area contributed by atoms with Gasteiger partial charge in [-0.25, -0.2) is 9.97 Å². The third-order valence-electron chi connectivity index (χ3n) is 4.02. The second kappa shape index (κ2) is 5.02. The Kier molecular flexibility index (Phi) is 3.39. The molecule has 1 aromatic heterocycles. The lowest BCUT2D eigenvalue weighted by molar-refractivity contribution is 0.273. The van der Waals surface area contributed by atoms with E-state index in [1.54, 1.807) is 0 Å². The van der Waals surface area contributed by atoms with E-state index in [1.807, 2.05) is 6.20 Å². The lowest BCUT2D eigenvalue weighted by Gasteiger charge is -2.27. The largest absolute Gasteiger partial charge is 0.355 e. The average molecular weight is 267 g/mol. The molecule has 0 spiro atoms. The highest BCUT2D eigenvalue weighted by Gasteiger charge is 2.29. The fraction of sp³-hybridized carbons (Fsp3) is 0.692. The summed E-state index contributed by atoms with van der Waals surface area (Å²) >= 11 is 5.93. The second-order valence-electron chi connectivity index (χ2n) is 5.28. The minimum Gasteiger partial charge on any atom is -0.355 e. The van der Waals surface area contributed by atoms with Gasteiger partial charge in [-0.2, -0.15) is 0 Å². The zero-order valence-electron chi connectivity index (χ0n) is 10.8. The Labute approximate surface area is 113 Å². The number of aryl methyl sites for hydroxylation is 1. The van der Waals surface area contributed by atoms with Crippen LogP contribution in [0.2, 0.25) is 5.28 Å². The van der Waals surface area contributed by atoms with Gasteiger partial charge >= 0.3 is 0 Å². The van der Waals surface area contributed by atoms with Crippen molar-refractivity contribution in [2.24, 2.45) is 0 Å². The molecule has 0 aromatic carbocycles. The van der Waals surface area contributed by atoms with Gasteiger partial charge in [-0.15, -0.1) is 0 Å². The Balaban J connectivity index is 1.84. The number of nitrogens with zero attached hydrogens (tertiary/aromatic N) is 4. The van der Waals surface area contributed by atoms with Crippen LogP contribution in [0.5, 0.6) is 0 Å². The van der Waals surface area contributed by atoms with Crippen LogP contribution in [0.4, 0.5) is 5.82 Å². The van der Waals surface area contributed by atoms with E-state index in [9.17, 15) is 0 Å². The fourth-order valence-electron chi connectivity index (χ4n) is 3.13. The highest BCUT2D eigenvalue weighted by molar-refractivity contribution is 6.28. The quantitative estimate of drug-likeness (QED) is 0.729. The third kappa shape index (κ3) is 2.31. The van der Waals surface area contributed by atoms with Crippen LogP contribution in [0.25, 0.3) is 0 Å². The normalized spacial score (nSPS) is 25.0. The van der Waals surface area contributed by atoms with Gasteiger partial charge in [0.05, 0.1) is 0 Å². The predicted molar refractivity (Wildman–Crippen MR) is 73.2 cm³/mol. The number of aromatic nitrogens is 2. The number of hydrogen-bond donors (Lipinski definition) is 0. The van der Waals surface area contributed by atoms with Crippen molar-refractivity contribution >= 4 is 17.4 Å². The SMILES string of the molecule is Cc1cnc(Cl)nc1N1CCCN2CCCC2C1. The van der Waals surface area contributed by atoms with Gasteiger partial charge in [0.15, 0.2) is 0 Å². The van der Waals surface area contributed by atoms with Gasteiger partial charge in [-0.1, -0.05) is 0 Å². The molecule has 4 nitrogen and oxygen atoms in total. The van der Waals surface area contributed by atoms with Gasteiger partial charge in [-0.05, 0) is 44.3 Å². The molecule has 0 amide bonds. The van der Waals surface area contributed by atoms with Gasteiger partial charge in [0, 0.05) is 37.4 Å². The average Bonchev–Trinajstić information content (AvgIpc) is 2.70. The Hall–Kier alpha value is -0.870. The van der Waals surface area contributed by atoms with Crippen LogP contribution in [0.3, 0.4) is 0 Å². The van der Waals surface area contributed by atoms with Crippen LogP contribution in [-0.4, -0.2) is 47.1 Å². The van der Waals surface area contributed by atoms with E-state index >= 15 is 0 Å². The summed E-state index contributed by atoms with van der Waals surface area (Å²) in [5.74, 6) is 1.02. The van der Waals surface area contributed by atoms with Crippen molar-refractivity contribution in [1.29, 1.82) is 0 Å². The zero-order chi connectivity index (χ0) is 12.5. The van der Waals surface area contributed by atoms with E-state index < -0.39 is 0 Å². The molecule has 3 heterocycles. The van der Waals surface area contributed by atoms with Crippen LogP contribution >= 0.6 is 11.6 Å². The van der Waals surface area contributed by atoms with E-state index in [4.69, 9.17) is 11.6 Å². The summed E-state index contributed by atoms with van der Waals surface area (Å²) in [5, 5.41) is 0.350. The van der Waals surface area contributed by atoms with Crippen molar-refractivity contribution in [2.45, 2.75) is 32.2 Å². The summed E-state index contributed by atoms with van der Waals surface area (Å²) < 4.78 is 0. The van der Waals surface area contributed by atoms with Crippen LogP contribution in [0, 0.1) is 6.92 Å². The molecular formula is C13H19ClN4. The molecule has 2 aliphatic heterocycles. The molecule has 0 radical (unpaired) electrons. The third-order valence-corrected chi connectivity index (χ3v) is 4.20. The van der Waals surface area contributed by atoms with Crippen molar-refractivity contribution in [3.63, 3.8) is 0 Å². The predicted octanol–water partition coefficient (Wildman–Crippen LogP) is 2.11. The topological polar surface area (TPSA) is 32.3 Å². The molecule has 1 unspecified atom stereocenters. The Morgan fingerprint density at radius 3 is 3.00 bits per heavy atom. The Bertz CT molecular complexity index is 437. The maximum absolute atomic E-state index is 5.93. The van der Waals surface area contributed by atoms with Gasteiger partial charge in [0.1, 0.15) is 5.82 Å². The van der Waals surface area contributed by atoms with E-state index in [0.717, 1.165) is 24.5 Å². The number of halogens is 1. The monoisotopic (exact) mass is 266 g/mol. The van der Waals surface area contributed by atoms with Crippen molar-refractivity contribution < 1.29 is 0 Å². The van der Waals surface area contributed by atoms with Gasteiger partial charge < -0.3 is 4.90 Å². The molecule has 3 rings (SSSR count). The molecule has 18 heavy (non-hydrogen) atoms. The molecule has 98 valence electrons. The molecule has 1 aromatic rings. The smallest absolute Gasteiger partial charge is 0.224 e. The first-order valence-corrected chi connectivity index (χ1v) is 7.10. The fourth-order valence-corrected chi connectivity index (χ4v) is 3.26. The van der Waals surface area contributed by atoms with E-state index in [2.05, 4.69) is 26.7 Å². The van der Waals surface area contributed by atoms with E-state index in [-0.39, 0.29) is 0 Å². The Morgan fingerprint density at radius 2 is 2.11 bits per heavy atom. The maximum Gasteiger partial charge on any atom is 0.224 e. The molecule has 0 saturated carbocycles. The summed E-state index contributed by atoms with van der Waals surface area (Å²) in [5.41, 5.74) is 1.12. The van der Waals surface area contributed by atoms with Gasteiger partial charge in [-0.3, -0.25) is 4.90 Å². The summed E-state index contributed by atoms with van der Waals surface area (Å²) in [4.78, 5) is 13.5. The summed E-state index contributed by atoms with van der Waals surface area (Å²) in [7, 11) is 0. The van der Waals surface area contributed by atoms with Crippen molar-refractivity contribution in [2.75, 3.05) is 31.1 Å². The van der Waals surface area contributed by atoms with Crippen molar-refractivity contribution in [3.05, 3.63) is 17.0 Å². The summed E-state index contributed by atoms with van der Waals surface area (Å²) in [6, 6.07) is 0.695. The Morgan fingerprint density at radius 1 is 1.28 bits per heavy atom. The van der Waals surface area contributed by atoms with Crippen LogP contribution < -0.4 is 4.90 Å². The highest BCUT2D eigenvalue weighted by atomic mass is 35.5. The minimum absolute atomic E-state index is 0.350. The number of hydrogen-bond acceptors (Lipinski definition) is 4. The summed E-state index contributed by atoms with van der Waals surface area (Å²) in [6.07, 6.45) is 5.68. The van der Waals surface area contributed by atoms with Gasteiger partial charge in [0.25, 0.3) is 0 Å². The number of rotatable bonds is 1. The minimum atomic E-state index is 0.350. The summed E-state index contributed by atoms with van der Waals surface area (Å²) in [6.45, 7) is 6.69. The first kappa shape index (κ1) is 12.2.